The number of fused-ring (bicyclic) bond motifs is 1. The average molecular weight is 493 g/mol. The number of aliphatic hydroxyl groups excluding tert-OH is 1. The summed E-state index contributed by atoms with van der Waals surface area (Å²) in [7, 11) is 0. The number of hydrogen-bond acceptors (Lipinski definition) is 7. The Balaban J connectivity index is 1.20. The summed E-state index contributed by atoms with van der Waals surface area (Å²) in [6.07, 6.45) is -3.54. The standard InChI is InChI=1S/C24H31F3N6O2/c1-16(9-24(25,26)27)33-12-19(13-33)31-22-8-21(29-15-30-22)23(35)28-10-20(34)14-32-7-6-17-4-2-3-5-18(17)11-32/h2-5,8,15-16,19-20,34H,6-7,9-14H2,1H3,(H,28,35)(H,29,30,31)/t16-,20-/m0/s1. The van der Waals surface area contributed by atoms with E-state index < -0.39 is 30.7 Å². The van der Waals surface area contributed by atoms with Crippen molar-refractivity contribution in [2.45, 2.75) is 50.7 Å². The van der Waals surface area contributed by atoms with Crippen molar-refractivity contribution in [1.29, 1.82) is 0 Å². The summed E-state index contributed by atoms with van der Waals surface area (Å²) >= 11 is 0. The predicted molar refractivity (Wildman–Crippen MR) is 125 cm³/mol. The highest BCUT2D eigenvalue weighted by molar-refractivity contribution is 5.92. The number of alkyl halides is 3. The zero-order chi connectivity index (χ0) is 25.0. The molecule has 0 saturated carbocycles. The molecule has 0 aliphatic carbocycles. The molecule has 1 aromatic carbocycles. The van der Waals surface area contributed by atoms with Gasteiger partial charge < -0.3 is 15.7 Å². The van der Waals surface area contributed by atoms with Gasteiger partial charge in [0.1, 0.15) is 17.8 Å². The summed E-state index contributed by atoms with van der Waals surface area (Å²) in [6, 6.07) is 9.15. The number of hydrogen-bond donors (Lipinski definition) is 3. The van der Waals surface area contributed by atoms with Crippen molar-refractivity contribution in [3.63, 3.8) is 0 Å². The maximum atomic E-state index is 12.6. The number of carbonyl (C=O) groups excluding carboxylic acids is 1. The zero-order valence-corrected chi connectivity index (χ0v) is 19.6. The van der Waals surface area contributed by atoms with Crippen LogP contribution in [0.5, 0.6) is 0 Å². The number of likely N-dealkylation sites (tertiary alicyclic amines) is 1. The fourth-order valence-corrected chi connectivity index (χ4v) is 4.57. The minimum atomic E-state index is -4.18. The van der Waals surface area contributed by atoms with Crippen molar-refractivity contribution in [2.75, 3.05) is 38.0 Å². The van der Waals surface area contributed by atoms with E-state index in [1.165, 1.54) is 23.5 Å². The van der Waals surface area contributed by atoms with Gasteiger partial charge in [0, 0.05) is 51.4 Å². The molecule has 4 rings (SSSR count). The Labute approximate surface area is 202 Å². The second-order valence-electron chi connectivity index (χ2n) is 9.37. The molecule has 0 bridgehead atoms. The average Bonchev–Trinajstić information content (AvgIpc) is 2.78. The highest BCUT2D eigenvalue weighted by Gasteiger charge is 2.37. The Morgan fingerprint density at radius 1 is 1.23 bits per heavy atom. The van der Waals surface area contributed by atoms with E-state index >= 15 is 0 Å². The van der Waals surface area contributed by atoms with E-state index in [2.05, 4.69) is 37.6 Å². The fourth-order valence-electron chi connectivity index (χ4n) is 4.57. The van der Waals surface area contributed by atoms with Crippen LogP contribution < -0.4 is 10.6 Å². The molecule has 1 saturated heterocycles. The van der Waals surface area contributed by atoms with Crippen molar-refractivity contribution in [3.05, 3.63) is 53.5 Å². The van der Waals surface area contributed by atoms with Crippen LogP contribution in [0.3, 0.4) is 0 Å². The third-order valence-corrected chi connectivity index (χ3v) is 6.49. The largest absolute Gasteiger partial charge is 0.390 e. The molecule has 2 aliphatic rings. The van der Waals surface area contributed by atoms with E-state index in [1.54, 1.807) is 11.8 Å². The van der Waals surface area contributed by atoms with Crippen molar-refractivity contribution < 1.29 is 23.1 Å². The monoisotopic (exact) mass is 492 g/mol. The summed E-state index contributed by atoms with van der Waals surface area (Å²) < 4.78 is 37.7. The minimum absolute atomic E-state index is 0.0482. The summed E-state index contributed by atoms with van der Waals surface area (Å²) in [5.41, 5.74) is 2.76. The number of carbonyl (C=O) groups is 1. The van der Waals surface area contributed by atoms with Crippen molar-refractivity contribution in [3.8, 4) is 0 Å². The van der Waals surface area contributed by atoms with E-state index in [4.69, 9.17) is 0 Å². The van der Waals surface area contributed by atoms with Gasteiger partial charge >= 0.3 is 6.18 Å². The Hall–Kier alpha value is -2.76. The van der Waals surface area contributed by atoms with Gasteiger partial charge in [-0.2, -0.15) is 13.2 Å². The molecule has 35 heavy (non-hydrogen) atoms. The lowest BCUT2D eigenvalue weighted by Gasteiger charge is -2.43. The third kappa shape index (κ3) is 7.12. The summed E-state index contributed by atoms with van der Waals surface area (Å²) in [4.78, 5) is 24.6. The quantitative estimate of drug-likeness (QED) is 0.494. The molecular formula is C24H31F3N6O2. The SMILES string of the molecule is C[C@@H](CC(F)(F)F)N1CC(Nc2cc(C(=O)NC[C@H](O)CN3CCc4ccccc4C3)ncn2)C1. The van der Waals surface area contributed by atoms with Crippen LogP contribution in [0.4, 0.5) is 19.0 Å². The number of anilines is 1. The van der Waals surface area contributed by atoms with E-state index in [1.807, 2.05) is 12.1 Å². The molecule has 11 heteroatoms. The fraction of sp³-hybridized carbons (Fsp3) is 0.542. The first-order chi connectivity index (χ1) is 16.7. The number of β-amino-alcohol motifs (C(OH)–C–C–N with tert-alkyl or cyclic N) is 1. The first-order valence-electron chi connectivity index (χ1n) is 11.8. The molecule has 8 nitrogen and oxygen atoms in total. The Bertz CT molecular complexity index is 1010. The topological polar surface area (TPSA) is 93.6 Å². The van der Waals surface area contributed by atoms with Crippen LogP contribution in [0.25, 0.3) is 0 Å². The first-order valence-corrected chi connectivity index (χ1v) is 11.8. The van der Waals surface area contributed by atoms with Gasteiger partial charge in [-0.3, -0.25) is 14.6 Å². The van der Waals surface area contributed by atoms with Gasteiger partial charge in [-0.15, -0.1) is 0 Å². The van der Waals surface area contributed by atoms with Gasteiger partial charge in [-0.1, -0.05) is 24.3 Å². The molecule has 0 radical (unpaired) electrons. The number of benzene rings is 1. The van der Waals surface area contributed by atoms with Gasteiger partial charge in [0.25, 0.3) is 5.91 Å². The van der Waals surface area contributed by atoms with Crippen LogP contribution in [-0.4, -0.2) is 87.9 Å². The number of nitrogens with one attached hydrogen (secondary N) is 2. The summed E-state index contributed by atoms with van der Waals surface area (Å²) in [5.74, 6) is 0.0123. The van der Waals surface area contributed by atoms with Crippen LogP contribution in [0.15, 0.2) is 36.7 Å². The number of nitrogens with zero attached hydrogens (tertiary/aromatic N) is 4. The molecule has 0 unspecified atom stereocenters. The second kappa shape index (κ2) is 10.9. The third-order valence-electron chi connectivity index (χ3n) is 6.49. The van der Waals surface area contributed by atoms with Gasteiger partial charge in [-0.25, -0.2) is 9.97 Å². The predicted octanol–water partition coefficient (Wildman–Crippen LogP) is 2.06. The van der Waals surface area contributed by atoms with Crippen LogP contribution in [0, 0.1) is 0 Å². The lowest BCUT2D eigenvalue weighted by atomic mass is 10.00. The second-order valence-corrected chi connectivity index (χ2v) is 9.37. The molecule has 1 amide bonds. The highest BCUT2D eigenvalue weighted by Crippen LogP contribution is 2.27. The van der Waals surface area contributed by atoms with E-state index in [-0.39, 0.29) is 18.3 Å². The Morgan fingerprint density at radius 3 is 2.71 bits per heavy atom. The molecule has 3 N–H and O–H groups in total. The van der Waals surface area contributed by atoms with Crippen LogP contribution in [0.2, 0.25) is 0 Å². The lowest BCUT2D eigenvalue weighted by Crippen LogP contribution is -2.58. The van der Waals surface area contributed by atoms with Gasteiger partial charge in [0.15, 0.2) is 0 Å². The number of rotatable bonds is 9. The van der Waals surface area contributed by atoms with E-state index in [9.17, 15) is 23.1 Å². The van der Waals surface area contributed by atoms with E-state index in [0.717, 1.165) is 19.5 Å². The molecule has 2 aliphatic heterocycles. The minimum Gasteiger partial charge on any atom is -0.390 e. The molecular weight excluding hydrogens is 461 g/mol. The molecule has 0 spiro atoms. The number of aliphatic hydroxyl groups is 1. The lowest BCUT2D eigenvalue weighted by molar-refractivity contribution is -0.149. The van der Waals surface area contributed by atoms with E-state index in [0.29, 0.717) is 25.5 Å². The first kappa shape index (κ1) is 25.3. The molecule has 190 valence electrons. The van der Waals surface area contributed by atoms with Crippen molar-refractivity contribution in [2.24, 2.45) is 0 Å². The number of aromatic nitrogens is 2. The van der Waals surface area contributed by atoms with Crippen LogP contribution in [-0.2, 0) is 13.0 Å². The van der Waals surface area contributed by atoms with Crippen LogP contribution in [0.1, 0.15) is 35.0 Å². The molecule has 1 fully saturated rings. The van der Waals surface area contributed by atoms with Gasteiger partial charge in [0.05, 0.1) is 18.6 Å². The summed E-state index contributed by atoms with van der Waals surface area (Å²) in [6.45, 7) is 4.68. The van der Waals surface area contributed by atoms with Gasteiger partial charge in [0.2, 0.25) is 0 Å². The van der Waals surface area contributed by atoms with Crippen LogP contribution >= 0.6 is 0 Å². The van der Waals surface area contributed by atoms with Crippen molar-refractivity contribution >= 4 is 11.7 Å². The highest BCUT2D eigenvalue weighted by atomic mass is 19.4. The normalized spacial score (nSPS) is 18.9. The Kier molecular flexibility index (Phi) is 7.88. The molecule has 2 atom stereocenters. The molecule has 3 heterocycles. The molecule has 2 aromatic rings. The maximum absolute atomic E-state index is 12.6. The molecule has 1 aromatic heterocycles. The van der Waals surface area contributed by atoms with Crippen molar-refractivity contribution in [1.82, 2.24) is 25.1 Å². The van der Waals surface area contributed by atoms with Gasteiger partial charge in [-0.05, 0) is 24.5 Å². The smallest absolute Gasteiger partial charge is 0.390 e. The zero-order valence-electron chi connectivity index (χ0n) is 19.6. The Morgan fingerprint density at radius 2 is 1.97 bits per heavy atom. The maximum Gasteiger partial charge on any atom is 0.390 e. The number of amides is 1. The summed E-state index contributed by atoms with van der Waals surface area (Å²) in [5, 5.41) is 16.3. The number of halogens is 3.